The average Bonchev–Trinajstić information content (AvgIpc) is 3.06. The number of aliphatic hydroxyl groups excluding tert-OH is 1. The Labute approximate surface area is 168 Å². The van der Waals surface area contributed by atoms with E-state index in [-0.39, 0.29) is 17.1 Å². The Balaban J connectivity index is 1.48. The molecule has 0 aliphatic carbocycles. The van der Waals surface area contributed by atoms with Crippen LogP contribution in [0.5, 0.6) is 0 Å². The zero-order valence-electron chi connectivity index (χ0n) is 16.3. The number of benzene rings is 2. The van der Waals surface area contributed by atoms with E-state index in [1.54, 1.807) is 12.1 Å². The molecular formula is C22H23FN5O+. The number of nitrogens with zero attached hydrogens (tertiary/aromatic N) is 4. The maximum Gasteiger partial charge on any atom is 0.169 e. The Morgan fingerprint density at radius 2 is 1.86 bits per heavy atom. The Morgan fingerprint density at radius 1 is 1.17 bits per heavy atom. The van der Waals surface area contributed by atoms with E-state index in [4.69, 9.17) is 0 Å². The fraction of sp³-hybridized carbons (Fsp3) is 0.273. The van der Waals surface area contributed by atoms with Crippen molar-refractivity contribution in [2.45, 2.75) is 0 Å². The number of para-hydroxylation sites is 2. The molecule has 6 nitrogen and oxygen atoms in total. The third-order valence-corrected chi connectivity index (χ3v) is 5.49. The van der Waals surface area contributed by atoms with Gasteiger partial charge in [-0.15, -0.1) is 0 Å². The van der Waals surface area contributed by atoms with Gasteiger partial charge in [-0.1, -0.05) is 12.1 Å². The third-order valence-electron chi connectivity index (χ3n) is 5.49. The molecule has 2 N–H and O–H groups in total. The number of halogens is 1. The standard InChI is InChI=1S/C22H22FN5O/c1-26-20-5-3-2-4-19(20)25-22(26)18(14-24)21(29)15-27-10-12-28(13-11-27)17-8-6-16(23)7-9-17/h2-9,29H,10-13,15H2,1H3/p+1/b21-18-. The van der Waals surface area contributed by atoms with Crippen LogP contribution in [0.2, 0.25) is 0 Å². The predicted molar refractivity (Wildman–Crippen MR) is 110 cm³/mol. The molecule has 0 unspecified atom stereocenters. The van der Waals surface area contributed by atoms with Crippen molar-refractivity contribution in [3.63, 3.8) is 0 Å². The molecule has 1 aliphatic rings. The largest absolute Gasteiger partial charge is 0.506 e. The lowest BCUT2D eigenvalue weighted by atomic mass is 10.2. The van der Waals surface area contributed by atoms with E-state index in [1.165, 1.54) is 17.0 Å². The molecule has 1 fully saturated rings. The van der Waals surface area contributed by atoms with Gasteiger partial charge in [0.1, 0.15) is 24.0 Å². The molecule has 148 valence electrons. The molecule has 2 aromatic carbocycles. The minimum absolute atomic E-state index is 0.0659. The SMILES string of the molecule is Cn1c(/C(C#N)=C(\O)C[NH+]2CCN(c3ccc(F)cc3)CC2)nc2ccccc21. The van der Waals surface area contributed by atoms with E-state index in [9.17, 15) is 14.8 Å². The van der Waals surface area contributed by atoms with Gasteiger partial charge in [-0.25, -0.2) is 9.37 Å². The van der Waals surface area contributed by atoms with Gasteiger partial charge < -0.3 is 19.5 Å². The molecule has 29 heavy (non-hydrogen) atoms. The molecule has 0 bridgehead atoms. The Hall–Kier alpha value is -3.37. The fourth-order valence-electron chi connectivity index (χ4n) is 3.85. The van der Waals surface area contributed by atoms with Crippen molar-refractivity contribution in [2.24, 2.45) is 7.05 Å². The minimum atomic E-state index is -0.237. The zero-order chi connectivity index (χ0) is 20.4. The van der Waals surface area contributed by atoms with Crippen LogP contribution in [0.4, 0.5) is 10.1 Å². The summed E-state index contributed by atoms with van der Waals surface area (Å²) in [4.78, 5) is 7.94. The average molecular weight is 392 g/mol. The smallest absolute Gasteiger partial charge is 0.169 e. The van der Waals surface area contributed by atoms with Crippen molar-refractivity contribution in [1.29, 1.82) is 5.26 Å². The quantitative estimate of drug-likeness (QED) is 0.526. The van der Waals surface area contributed by atoms with Gasteiger partial charge in [-0.05, 0) is 36.4 Å². The molecule has 4 rings (SSSR count). The number of quaternary nitrogens is 1. The third kappa shape index (κ3) is 3.80. The van der Waals surface area contributed by atoms with Gasteiger partial charge in [0.05, 0.1) is 37.2 Å². The summed E-state index contributed by atoms with van der Waals surface area (Å²) in [5, 5.41) is 20.4. The molecule has 0 radical (unpaired) electrons. The molecule has 3 aromatic rings. The molecule has 0 amide bonds. The summed E-state index contributed by atoms with van der Waals surface area (Å²) in [6.45, 7) is 3.64. The van der Waals surface area contributed by atoms with Crippen molar-refractivity contribution in [3.05, 3.63) is 65.9 Å². The van der Waals surface area contributed by atoms with Gasteiger partial charge >= 0.3 is 0 Å². The van der Waals surface area contributed by atoms with Crippen molar-refractivity contribution in [2.75, 3.05) is 37.6 Å². The first-order chi connectivity index (χ1) is 14.1. The first-order valence-electron chi connectivity index (χ1n) is 9.65. The molecule has 2 heterocycles. The summed E-state index contributed by atoms with van der Waals surface area (Å²) in [6, 6.07) is 16.3. The zero-order valence-corrected chi connectivity index (χ0v) is 16.3. The highest BCUT2D eigenvalue weighted by Gasteiger charge is 2.24. The summed E-state index contributed by atoms with van der Waals surface area (Å²) in [7, 11) is 1.85. The number of rotatable bonds is 4. The Bertz CT molecular complexity index is 1090. The second-order valence-corrected chi connectivity index (χ2v) is 7.31. The van der Waals surface area contributed by atoms with Gasteiger partial charge in [-0.2, -0.15) is 5.26 Å². The van der Waals surface area contributed by atoms with Gasteiger partial charge in [0, 0.05) is 12.7 Å². The van der Waals surface area contributed by atoms with Crippen LogP contribution in [-0.2, 0) is 7.05 Å². The van der Waals surface area contributed by atoms with Crippen molar-refractivity contribution < 1.29 is 14.4 Å². The summed E-state index contributed by atoms with van der Waals surface area (Å²) >= 11 is 0. The van der Waals surface area contributed by atoms with Gasteiger partial charge in [0.15, 0.2) is 11.6 Å². The summed E-state index contributed by atoms with van der Waals surface area (Å²) < 4.78 is 15.0. The van der Waals surface area contributed by atoms with Crippen LogP contribution in [0.3, 0.4) is 0 Å². The van der Waals surface area contributed by atoms with Gasteiger partial charge in [-0.3, -0.25) is 0 Å². The van der Waals surface area contributed by atoms with E-state index in [0.29, 0.717) is 12.4 Å². The number of allylic oxidation sites excluding steroid dienone is 1. The highest BCUT2D eigenvalue weighted by Crippen LogP contribution is 2.21. The van der Waals surface area contributed by atoms with E-state index in [0.717, 1.165) is 42.9 Å². The lowest BCUT2D eigenvalue weighted by Crippen LogP contribution is -3.15. The molecule has 1 aromatic heterocycles. The van der Waals surface area contributed by atoms with Crippen molar-refractivity contribution in [3.8, 4) is 6.07 Å². The number of imidazole rings is 1. The molecule has 0 saturated carbocycles. The summed E-state index contributed by atoms with van der Waals surface area (Å²) in [5.74, 6) is 0.311. The number of hydrogen-bond donors (Lipinski definition) is 2. The van der Waals surface area contributed by atoms with Gasteiger partial charge in [0.2, 0.25) is 0 Å². The molecule has 1 saturated heterocycles. The van der Waals surface area contributed by atoms with Crippen LogP contribution in [0.1, 0.15) is 5.82 Å². The maximum absolute atomic E-state index is 13.1. The van der Waals surface area contributed by atoms with E-state index >= 15 is 0 Å². The lowest BCUT2D eigenvalue weighted by molar-refractivity contribution is -0.897. The number of hydrogen-bond acceptors (Lipinski definition) is 4. The minimum Gasteiger partial charge on any atom is -0.506 e. The van der Waals surface area contributed by atoms with Crippen molar-refractivity contribution in [1.82, 2.24) is 9.55 Å². The van der Waals surface area contributed by atoms with E-state index < -0.39 is 0 Å². The number of nitriles is 1. The number of aryl methyl sites for hydroxylation is 1. The number of piperazine rings is 1. The topological polar surface area (TPSA) is 69.5 Å². The highest BCUT2D eigenvalue weighted by atomic mass is 19.1. The molecular weight excluding hydrogens is 369 g/mol. The second kappa shape index (κ2) is 7.94. The monoisotopic (exact) mass is 392 g/mol. The predicted octanol–water partition coefficient (Wildman–Crippen LogP) is 1.91. The van der Waals surface area contributed by atoms with Crippen LogP contribution < -0.4 is 9.80 Å². The number of aromatic nitrogens is 2. The molecule has 0 atom stereocenters. The van der Waals surface area contributed by atoms with Gasteiger partial charge in [0.25, 0.3) is 0 Å². The first-order valence-corrected chi connectivity index (χ1v) is 9.65. The number of fused-ring (bicyclic) bond motifs is 1. The van der Waals surface area contributed by atoms with Crippen LogP contribution in [-0.4, -0.2) is 47.4 Å². The van der Waals surface area contributed by atoms with Crippen molar-refractivity contribution >= 4 is 22.3 Å². The lowest BCUT2D eigenvalue weighted by Gasteiger charge is -2.33. The summed E-state index contributed by atoms with van der Waals surface area (Å²) in [6.07, 6.45) is 0. The second-order valence-electron chi connectivity index (χ2n) is 7.31. The molecule has 1 aliphatic heterocycles. The first kappa shape index (κ1) is 19.0. The van der Waals surface area contributed by atoms with Crippen LogP contribution in [0.15, 0.2) is 54.3 Å². The number of nitrogens with one attached hydrogen (secondary N) is 1. The Morgan fingerprint density at radius 3 is 2.52 bits per heavy atom. The van der Waals surface area contributed by atoms with Crippen LogP contribution in [0, 0.1) is 17.1 Å². The van der Waals surface area contributed by atoms with Crippen LogP contribution >= 0.6 is 0 Å². The van der Waals surface area contributed by atoms with E-state index in [2.05, 4.69) is 16.0 Å². The molecule has 0 spiro atoms. The fourth-order valence-corrected chi connectivity index (χ4v) is 3.85. The Kier molecular flexibility index (Phi) is 5.19. The van der Waals surface area contributed by atoms with E-state index in [1.807, 2.05) is 35.9 Å². The van der Waals surface area contributed by atoms with Crippen LogP contribution in [0.25, 0.3) is 16.6 Å². The normalized spacial score (nSPS) is 16.0. The summed E-state index contributed by atoms with van der Waals surface area (Å²) in [5.41, 5.74) is 2.94. The number of aliphatic hydroxyl groups is 1. The number of anilines is 1. The highest BCUT2D eigenvalue weighted by molar-refractivity contribution is 5.83. The maximum atomic E-state index is 13.1. The molecule has 7 heteroatoms.